The molecule has 1 heteroatoms. The summed E-state index contributed by atoms with van der Waals surface area (Å²) in [6.07, 6.45) is 6.34. The summed E-state index contributed by atoms with van der Waals surface area (Å²) in [7, 11) is 0. The Morgan fingerprint density at radius 3 is 3.08 bits per heavy atom. The zero-order chi connectivity index (χ0) is 8.77. The minimum atomic E-state index is 0.0134. The van der Waals surface area contributed by atoms with Crippen molar-refractivity contribution in [3.8, 4) is 0 Å². The topological polar surface area (TPSA) is 17.1 Å². The molecule has 12 heavy (non-hydrogen) atoms. The number of fused-ring (bicyclic) bond motifs is 1. The fraction of sp³-hybridized carbons (Fsp3) is 0.727. The lowest BCUT2D eigenvalue weighted by Gasteiger charge is -2.33. The molecule has 0 bridgehead atoms. The van der Waals surface area contributed by atoms with Gasteiger partial charge in [0.2, 0.25) is 0 Å². The van der Waals surface area contributed by atoms with E-state index in [1.807, 2.05) is 0 Å². The molecule has 0 radical (unpaired) electrons. The number of carbonyl (C=O) groups excluding carboxylic acids is 1. The third kappa shape index (κ3) is 0.954. The molecule has 0 saturated heterocycles. The number of hydrogen-bond acceptors (Lipinski definition) is 1. The van der Waals surface area contributed by atoms with Crippen LogP contribution < -0.4 is 0 Å². The number of rotatable bonds is 0. The van der Waals surface area contributed by atoms with E-state index in [9.17, 15) is 4.79 Å². The molecule has 0 spiro atoms. The molecule has 0 heterocycles. The van der Waals surface area contributed by atoms with E-state index in [0.717, 1.165) is 25.7 Å². The van der Waals surface area contributed by atoms with E-state index < -0.39 is 0 Å². The molecule has 66 valence electrons. The van der Waals surface area contributed by atoms with Gasteiger partial charge in [0.25, 0.3) is 0 Å². The molecule has 2 atom stereocenters. The van der Waals surface area contributed by atoms with E-state index in [4.69, 9.17) is 0 Å². The van der Waals surface area contributed by atoms with Gasteiger partial charge in [-0.2, -0.15) is 0 Å². The van der Waals surface area contributed by atoms with E-state index in [0.29, 0.717) is 11.7 Å². The molecular weight excluding hydrogens is 148 g/mol. The lowest BCUT2D eigenvalue weighted by molar-refractivity contribution is -0.126. The highest BCUT2D eigenvalue weighted by Gasteiger charge is 2.46. The third-order valence-corrected chi connectivity index (χ3v) is 3.70. The van der Waals surface area contributed by atoms with Gasteiger partial charge in [-0.3, -0.25) is 4.79 Å². The summed E-state index contributed by atoms with van der Waals surface area (Å²) in [6.45, 7) is 4.33. The highest BCUT2D eigenvalue weighted by atomic mass is 16.1. The molecule has 0 aliphatic heterocycles. The van der Waals surface area contributed by atoms with Crippen molar-refractivity contribution in [2.45, 2.75) is 39.5 Å². The Labute approximate surface area is 73.8 Å². The zero-order valence-corrected chi connectivity index (χ0v) is 7.89. The van der Waals surface area contributed by atoms with Crippen molar-refractivity contribution in [2.24, 2.45) is 11.3 Å². The smallest absolute Gasteiger partial charge is 0.139 e. The lowest BCUT2D eigenvalue weighted by atomic mass is 9.70. The second kappa shape index (κ2) is 2.45. The first-order valence-corrected chi connectivity index (χ1v) is 4.82. The summed E-state index contributed by atoms with van der Waals surface area (Å²) >= 11 is 0. The van der Waals surface area contributed by atoms with Crippen LogP contribution in [0.1, 0.15) is 39.5 Å². The van der Waals surface area contributed by atoms with Gasteiger partial charge >= 0.3 is 0 Å². The molecule has 1 fully saturated rings. The van der Waals surface area contributed by atoms with Crippen molar-refractivity contribution in [1.29, 1.82) is 0 Å². The predicted molar refractivity (Wildman–Crippen MR) is 48.8 cm³/mol. The van der Waals surface area contributed by atoms with Crippen LogP contribution in [0.4, 0.5) is 0 Å². The Kier molecular flexibility index (Phi) is 1.64. The van der Waals surface area contributed by atoms with E-state index >= 15 is 0 Å². The molecule has 0 aromatic heterocycles. The fourth-order valence-corrected chi connectivity index (χ4v) is 2.60. The van der Waals surface area contributed by atoms with E-state index in [1.165, 1.54) is 5.57 Å². The van der Waals surface area contributed by atoms with Crippen molar-refractivity contribution in [3.05, 3.63) is 11.6 Å². The molecule has 0 N–H and O–H groups in total. The van der Waals surface area contributed by atoms with Gasteiger partial charge in [-0.1, -0.05) is 18.6 Å². The van der Waals surface area contributed by atoms with Crippen molar-refractivity contribution < 1.29 is 4.79 Å². The Morgan fingerprint density at radius 2 is 2.33 bits per heavy atom. The molecule has 1 nitrogen and oxygen atoms in total. The van der Waals surface area contributed by atoms with Gasteiger partial charge in [-0.25, -0.2) is 0 Å². The maximum atomic E-state index is 11.6. The van der Waals surface area contributed by atoms with Gasteiger partial charge in [0.1, 0.15) is 5.78 Å². The number of Topliss-reactive ketones (excluding diaryl/α,β-unsaturated/α-hetero) is 1. The van der Waals surface area contributed by atoms with E-state index in [-0.39, 0.29) is 5.41 Å². The quantitative estimate of drug-likeness (QED) is 0.503. The van der Waals surface area contributed by atoms with Gasteiger partial charge in [-0.15, -0.1) is 0 Å². The average molecular weight is 164 g/mol. The minimum absolute atomic E-state index is 0.0134. The maximum absolute atomic E-state index is 11.6. The number of carbonyl (C=O) groups is 1. The highest BCUT2D eigenvalue weighted by Crippen LogP contribution is 2.48. The molecule has 2 rings (SSSR count). The monoisotopic (exact) mass is 164 g/mol. The van der Waals surface area contributed by atoms with Crippen LogP contribution in [0, 0.1) is 11.3 Å². The summed E-state index contributed by atoms with van der Waals surface area (Å²) in [5.74, 6) is 1.14. The van der Waals surface area contributed by atoms with Crippen LogP contribution in [-0.2, 0) is 4.79 Å². The zero-order valence-electron chi connectivity index (χ0n) is 7.89. The first-order valence-electron chi connectivity index (χ1n) is 4.82. The van der Waals surface area contributed by atoms with Crippen LogP contribution in [0.15, 0.2) is 11.6 Å². The van der Waals surface area contributed by atoms with Crippen LogP contribution in [0.3, 0.4) is 0 Å². The first-order chi connectivity index (χ1) is 5.63. The van der Waals surface area contributed by atoms with Gasteiger partial charge < -0.3 is 0 Å². The van der Waals surface area contributed by atoms with Crippen LogP contribution >= 0.6 is 0 Å². The summed E-state index contributed by atoms with van der Waals surface area (Å²) in [6, 6.07) is 0. The summed E-state index contributed by atoms with van der Waals surface area (Å²) in [5.41, 5.74) is 1.49. The Morgan fingerprint density at radius 1 is 1.58 bits per heavy atom. The SMILES string of the molecule is CC1=CC[C@]2(C)C(=O)CC[C@H]2C1. The van der Waals surface area contributed by atoms with Crippen molar-refractivity contribution in [1.82, 2.24) is 0 Å². The Hall–Kier alpha value is -0.590. The summed E-state index contributed by atoms with van der Waals surface area (Å²) in [4.78, 5) is 11.6. The molecule has 2 aliphatic carbocycles. The van der Waals surface area contributed by atoms with Gasteiger partial charge in [0.15, 0.2) is 0 Å². The van der Waals surface area contributed by atoms with Crippen LogP contribution in [0.2, 0.25) is 0 Å². The van der Waals surface area contributed by atoms with E-state index in [1.54, 1.807) is 0 Å². The minimum Gasteiger partial charge on any atom is -0.299 e. The van der Waals surface area contributed by atoms with Crippen LogP contribution in [0.25, 0.3) is 0 Å². The number of allylic oxidation sites excluding steroid dienone is 2. The van der Waals surface area contributed by atoms with E-state index in [2.05, 4.69) is 19.9 Å². The van der Waals surface area contributed by atoms with Crippen molar-refractivity contribution in [3.63, 3.8) is 0 Å². The largest absolute Gasteiger partial charge is 0.299 e. The first kappa shape index (κ1) is 8.03. The lowest BCUT2D eigenvalue weighted by Crippen LogP contribution is -2.30. The number of ketones is 1. The standard InChI is InChI=1S/C11H16O/c1-8-5-6-11(2)9(7-8)3-4-10(11)12/h5,9H,3-4,6-7H2,1-2H3/t9-,11-/m0/s1. The third-order valence-electron chi connectivity index (χ3n) is 3.70. The molecule has 0 unspecified atom stereocenters. The van der Waals surface area contributed by atoms with Crippen molar-refractivity contribution >= 4 is 5.78 Å². The number of hydrogen-bond donors (Lipinski definition) is 0. The Balaban J connectivity index is 2.30. The highest BCUT2D eigenvalue weighted by molar-refractivity contribution is 5.87. The van der Waals surface area contributed by atoms with Crippen LogP contribution in [-0.4, -0.2) is 5.78 Å². The van der Waals surface area contributed by atoms with Gasteiger partial charge in [0.05, 0.1) is 0 Å². The average Bonchev–Trinajstić information content (AvgIpc) is 2.31. The molecular formula is C11H16O. The Bertz CT molecular complexity index is 252. The normalized spacial score (nSPS) is 41.0. The predicted octanol–water partition coefficient (Wildman–Crippen LogP) is 2.71. The molecule has 0 aromatic rings. The van der Waals surface area contributed by atoms with Gasteiger partial charge in [0, 0.05) is 11.8 Å². The second-order valence-corrected chi connectivity index (χ2v) is 4.53. The van der Waals surface area contributed by atoms with Gasteiger partial charge in [-0.05, 0) is 32.1 Å². The summed E-state index contributed by atoms with van der Waals surface area (Å²) in [5, 5.41) is 0. The molecule has 0 aromatic carbocycles. The fourth-order valence-electron chi connectivity index (χ4n) is 2.60. The molecule has 0 amide bonds. The van der Waals surface area contributed by atoms with Crippen molar-refractivity contribution in [2.75, 3.05) is 0 Å². The van der Waals surface area contributed by atoms with Crippen LogP contribution in [0.5, 0.6) is 0 Å². The second-order valence-electron chi connectivity index (χ2n) is 4.53. The summed E-state index contributed by atoms with van der Waals surface area (Å²) < 4.78 is 0. The molecule has 1 saturated carbocycles. The maximum Gasteiger partial charge on any atom is 0.139 e. The molecule has 2 aliphatic rings.